The minimum absolute atomic E-state index is 0.0119. The van der Waals surface area contributed by atoms with Crippen LogP contribution < -0.4 is 15.5 Å². The second-order valence-electron chi connectivity index (χ2n) is 13.6. The maximum absolute atomic E-state index is 13.3. The van der Waals surface area contributed by atoms with Crippen LogP contribution in [0.1, 0.15) is 46.0 Å². The number of aromatic nitrogens is 1. The molecule has 54 heavy (non-hydrogen) atoms. The summed E-state index contributed by atoms with van der Waals surface area (Å²) in [5, 5.41) is 84.6. The zero-order valence-corrected chi connectivity index (χ0v) is 30.0. The van der Waals surface area contributed by atoms with Crippen LogP contribution in [0, 0.1) is 11.8 Å². The maximum atomic E-state index is 13.3. The number of aromatic hydroxyl groups is 2. The zero-order chi connectivity index (χ0) is 39.7. The fourth-order valence-electron chi connectivity index (χ4n) is 6.32. The van der Waals surface area contributed by atoms with E-state index in [4.69, 9.17) is 23.8 Å². The van der Waals surface area contributed by atoms with E-state index in [0.717, 1.165) is 12.1 Å². The molecule has 0 unspecified atom stereocenters. The van der Waals surface area contributed by atoms with Crippen LogP contribution in [0.15, 0.2) is 12.1 Å². The third-order valence-corrected chi connectivity index (χ3v) is 9.54. The quantitative estimate of drug-likeness (QED) is 0.0712. The molecule has 0 saturated carbocycles. The first-order chi connectivity index (χ1) is 25.6. The largest absolute Gasteiger partial charge is 0.492 e. The van der Waals surface area contributed by atoms with Gasteiger partial charge in [-0.2, -0.15) is 0 Å². The summed E-state index contributed by atoms with van der Waals surface area (Å²) in [6.45, 7) is 2.60. The number of hydrogen-bond donors (Lipinski definition) is 10. The molecular formula is C33H52N4O17. The van der Waals surface area contributed by atoms with Crippen LogP contribution in [-0.4, -0.2) is 175 Å². The highest BCUT2D eigenvalue weighted by molar-refractivity contribution is 5.85. The Morgan fingerprint density at radius 1 is 0.704 bits per heavy atom. The van der Waals surface area contributed by atoms with Crippen molar-refractivity contribution in [3.8, 4) is 11.8 Å². The van der Waals surface area contributed by atoms with Gasteiger partial charge in [0.2, 0.25) is 29.5 Å². The molecular weight excluding hydrogens is 724 g/mol. The molecule has 3 fully saturated rings. The van der Waals surface area contributed by atoms with Gasteiger partial charge in [0, 0.05) is 51.2 Å². The second-order valence-corrected chi connectivity index (χ2v) is 13.6. The topological polar surface area (TPSA) is 308 Å². The summed E-state index contributed by atoms with van der Waals surface area (Å²) in [7, 11) is 0. The lowest BCUT2D eigenvalue weighted by atomic mass is 9.87. The molecule has 4 rings (SSSR count). The number of carbonyl (C=O) groups is 4. The van der Waals surface area contributed by atoms with Crippen LogP contribution >= 0.6 is 0 Å². The molecule has 0 aliphatic carbocycles. The Hall–Kier alpha value is -3.64. The highest BCUT2D eigenvalue weighted by Crippen LogP contribution is 2.26. The Labute approximate surface area is 310 Å². The number of rotatable bonds is 16. The van der Waals surface area contributed by atoms with Crippen molar-refractivity contribution in [3.05, 3.63) is 12.1 Å². The lowest BCUT2D eigenvalue weighted by molar-refractivity contribution is -0.292. The predicted octanol–water partition coefficient (Wildman–Crippen LogP) is -4.20. The Balaban J connectivity index is 1.28. The highest BCUT2D eigenvalue weighted by Gasteiger charge is 2.44. The molecule has 3 aliphatic heterocycles. The smallest absolute Gasteiger partial charge is 0.333 e. The third kappa shape index (κ3) is 11.2. The number of nitrogens with one attached hydrogen (secondary N) is 2. The molecule has 3 aliphatic rings. The second kappa shape index (κ2) is 19.8. The summed E-state index contributed by atoms with van der Waals surface area (Å²) in [6, 6.07) is 2.27. The number of aliphatic hydroxyl groups is 6. The van der Waals surface area contributed by atoms with Crippen molar-refractivity contribution in [2.24, 2.45) is 11.8 Å². The minimum Gasteiger partial charge on any atom is -0.492 e. The first kappa shape index (κ1) is 43.1. The molecule has 0 bridgehead atoms. The number of aliphatic hydroxyl groups excluding tert-OH is 6. The van der Waals surface area contributed by atoms with E-state index < -0.39 is 103 Å². The van der Waals surface area contributed by atoms with Crippen LogP contribution in [0.2, 0.25) is 0 Å². The van der Waals surface area contributed by atoms with E-state index in [2.05, 4.69) is 10.6 Å². The molecule has 0 radical (unpaired) electrons. The summed E-state index contributed by atoms with van der Waals surface area (Å²) in [6.07, 6.45) is -12.4. The van der Waals surface area contributed by atoms with Gasteiger partial charge in [0.25, 0.3) is 0 Å². The van der Waals surface area contributed by atoms with E-state index in [-0.39, 0.29) is 77.4 Å². The van der Waals surface area contributed by atoms with Gasteiger partial charge in [0.15, 0.2) is 12.6 Å². The molecule has 3 amide bonds. The molecule has 1 aromatic heterocycles. The molecule has 12 atom stereocenters. The zero-order valence-electron chi connectivity index (χ0n) is 30.0. The monoisotopic (exact) mass is 776 g/mol. The first-order valence-corrected chi connectivity index (χ1v) is 17.9. The standard InChI is InChI=1S/C33H52N4O17/c1-16-24(42)26(44)28(46)32(52-16)50-11-9-34-30(48)18-13-19(31(49)35-10-12-51-33-29(47)27(45)25(43)17(2)53-33)15-36(14-18)20(38)5-3-4-6-23(41)54-37-21(39)7-8-22(37)40/h7-8,16-19,24-29,32-33,39-40,42-47H,3-6,9-15H2,1-2H3,(H,34,48)(H,35,49)/t16-,17-,18-,19+,24+,25+,26+,27+,28-,29-,32+,33-/m0/s1. The average molecular weight is 777 g/mol. The lowest BCUT2D eigenvalue weighted by Gasteiger charge is -2.39. The fraction of sp³-hybridized carbons (Fsp3) is 0.758. The van der Waals surface area contributed by atoms with Crippen LogP contribution in [0.5, 0.6) is 11.8 Å². The summed E-state index contributed by atoms with van der Waals surface area (Å²) in [4.78, 5) is 58.3. The van der Waals surface area contributed by atoms with Gasteiger partial charge in [0.1, 0.15) is 36.6 Å². The summed E-state index contributed by atoms with van der Waals surface area (Å²) < 4.78 is 22.3. The third-order valence-electron chi connectivity index (χ3n) is 9.54. The van der Waals surface area contributed by atoms with Gasteiger partial charge >= 0.3 is 5.97 Å². The van der Waals surface area contributed by atoms with Crippen molar-refractivity contribution in [1.82, 2.24) is 20.3 Å². The van der Waals surface area contributed by atoms with E-state index in [1.54, 1.807) is 0 Å². The number of carbonyl (C=O) groups excluding carboxylic acids is 4. The van der Waals surface area contributed by atoms with Crippen LogP contribution in [0.25, 0.3) is 0 Å². The number of hydrogen-bond acceptors (Lipinski definition) is 17. The van der Waals surface area contributed by atoms with E-state index >= 15 is 0 Å². The van der Waals surface area contributed by atoms with Gasteiger partial charge in [-0.1, -0.05) is 0 Å². The molecule has 0 spiro atoms. The maximum Gasteiger partial charge on any atom is 0.333 e. The molecule has 10 N–H and O–H groups in total. The van der Waals surface area contributed by atoms with Crippen molar-refractivity contribution < 1.29 is 83.8 Å². The van der Waals surface area contributed by atoms with Gasteiger partial charge in [0.05, 0.1) is 37.3 Å². The van der Waals surface area contributed by atoms with Crippen molar-refractivity contribution in [1.29, 1.82) is 0 Å². The number of likely N-dealkylation sites (tertiary alicyclic amines) is 1. The van der Waals surface area contributed by atoms with Gasteiger partial charge in [-0.3, -0.25) is 14.4 Å². The summed E-state index contributed by atoms with van der Waals surface area (Å²) in [5.74, 6) is -4.68. The Kier molecular flexibility index (Phi) is 15.8. The molecule has 1 aromatic rings. The SMILES string of the molecule is C[C@@H]1O[C@@H](OCCNC(=O)[C@H]2C[C@@H](C(=O)NCCO[C@H]3O[C@@H](C)[C@@H](O)[C@@H](O)[C@@H]3O)CN(C(=O)CCCCC(=O)On3c(O)ccc3O)C2)[C@@H](O)[C@H](O)[C@@H]1O. The number of ether oxygens (including phenoxy) is 4. The molecule has 4 heterocycles. The van der Waals surface area contributed by atoms with Crippen LogP contribution in [0.4, 0.5) is 0 Å². The number of piperidine rings is 1. The Morgan fingerprint density at radius 3 is 1.61 bits per heavy atom. The molecule has 21 nitrogen and oxygen atoms in total. The molecule has 21 heteroatoms. The lowest BCUT2D eigenvalue weighted by Crippen LogP contribution is -2.57. The normalized spacial score (nSPS) is 32.9. The Morgan fingerprint density at radius 2 is 1.15 bits per heavy atom. The summed E-state index contributed by atoms with van der Waals surface area (Å²) in [5.41, 5.74) is 0. The van der Waals surface area contributed by atoms with Crippen molar-refractivity contribution >= 4 is 23.7 Å². The van der Waals surface area contributed by atoms with Gasteiger partial charge in [-0.25, -0.2) is 4.79 Å². The minimum atomic E-state index is -1.52. The molecule has 3 saturated heterocycles. The molecule has 0 aromatic carbocycles. The predicted molar refractivity (Wildman–Crippen MR) is 179 cm³/mol. The van der Waals surface area contributed by atoms with Gasteiger partial charge in [-0.05, 0) is 33.1 Å². The van der Waals surface area contributed by atoms with Crippen molar-refractivity contribution in [2.45, 2.75) is 107 Å². The van der Waals surface area contributed by atoms with E-state index in [1.807, 2.05) is 0 Å². The Bertz CT molecular complexity index is 1330. The van der Waals surface area contributed by atoms with Gasteiger partial charge in [-0.15, -0.1) is 4.73 Å². The van der Waals surface area contributed by atoms with E-state index in [9.17, 15) is 60.0 Å². The van der Waals surface area contributed by atoms with E-state index in [0.29, 0.717) is 4.73 Å². The number of nitrogens with zero attached hydrogens (tertiary/aromatic N) is 2. The van der Waals surface area contributed by atoms with Gasteiger partial charge < -0.3 is 80.2 Å². The number of amides is 3. The van der Waals surface area contributed by atoms with Crippen LogP contribution in [-0.2, 0) is 38.1 Å². The van der Waals surface area contributed by atoms with Crippen molar-refractivity contribution in [3.63, 3.8) is 0 Å². The molecule has 306 valence electrons. The van der Waals surface area contributed by atoms with E-state index in [1.165, 1.54) is 18.7 Å². The van der Waals surface area contributed by atoms with Crippen molar-refractivity contribution in [2.75, 3.05) is 39.4 Å². The fourth-order valence-corrected chi connectivity index (χ4v) is 6.32. The number of unbranched alkanes of at least 4 members (excludes halogenated alkanes) is 1. The highest BCUT2D eigenvalue weighted by atomic mass is 16.7. The first-order valence-electron chi connectivity index (χ1n) is 17.9. The summed E-state index contributed by atoms with van der Waals surface area (Å²) >= 11 is 0. The van der Waals surface area contributed by atoms with Crippen LogP contribution in [0.3, 0.4) is 0 Å². The average Bonchev–Trinajstić information content (AvgIpc) is 3.47.